The van der Waals surface area contributed by atoms with Crippen molar-refractivity contribution in [2.75, 3.05) is 20.8 Å². The third-order valence-corrected chi connectivity index (χ3v) is 7.41. The quantitative estimate of drug-likeness (QED) is 0.194. The molecule has 0 atom stereocenters. The smallest absolute Gasteiger partial charge is 0.266 e. The zero-order chi connectivity index (χ0) is 25.7. The summed E-state index contributed by atoms with van der Waals surface area (Å²) in [5.41, 5.74) is 2.59. The Bertz CT molecular complexity index is 1310. The normalized spacial score (nSPS) is 15.6. The van der Waals surface area contributed by atoms with Gasteiger partial charge in [0.05, 0.1) is 28.4 Å². The Hall–Kier alpha value is -2.69. The van der Waals surface area contributed by atoms with E-state index in [-0.39, 0.29) is 5.91 Å². The molecule has 186 valence electrons. The third kappa shape index (κ3) is 6.16. The van der Waals surface area contributed by atoms with Gasteiger partial charge in [0.2, 0.25) is 0 Å². The minimum Gasteiger partial charge on any atom is -0.497 e. The van der Waals surface area contributed by atoms with Gasteiger partial charge in [-0.1, -0.05) is 23.7 Å². The molecule has 4 rings (SSSR count). The van der Waals surface area contributed by atoms with E-state index >= 15 is 0 Å². The molecular weight excluding hydrogens is 611 g/mol. The second-order valence-electron chi connectivity index (χ2n) is 7.70. The number of amidine groups is 1. The molecule has 3 aromatic rings. The van der Waals surface area contributed by atoms with Crippen LogP contribution in [0.15, 0.2) is 70.6 Å². The van der Waals surface area contributed by atoms with Crippen molar-refractivity contribution >= 4 is 68.8 Å². The van der Waals surface area contributed by atoms with E-state index in [1.165, 1.54) is 11.8 Å². The van der Waals surface area contributed by atoms with Crippen LogP contribution < -0.4 is 14.2 Å². The molecule has 1 fully saturated rings. The average molecular weight is 635 g/mol. The van der Waals surface area contributed by atoms with Crippen LogP contribution in [0, 0.1) is 3.57 Å². The number of amides is 1. The number of halogens is 2. The fourth-order valence-electron chi connectivity index (χ4n) is 3.49. The van der Waals surface area contributed by atoms with Gasteiger partial charge in [-0.15, -0.1) is 0 Å². The predicted octanol–water partition coefficient (Wildman–Crippen LogP) is 7.16. The van der Waals surface area contributed by atoms with Crippen molar-refractivity contribution in [2.24, 2.45) is 4.99 Å². The first kappa shape index (κ1) is 26.4. The number of thioether (sulfide) groups is 1. The molecule has 0 spiro atoms. The molecule has 0 radical (unpaired) electrons. The molecule has 0 unspecified atom stereocenters. The second-order valence-corrected chi connectivity index (χ2v) is 10.3. The van der Waals surface area contributed by atoms with Gasteiger partial charge in [-0.2, -0.15) is 0 Å². The summed E-state index contributed by atoms with van der Waals surface area (Å²) in [4.78, 5) is 20.1. The number of carbonyl (C=O) groups excluding carboxylic acids is 1. The molecule has 0 aliphatic carbocycles. The zero-order valence-corrected chi connectivity index (χ0v) is 23.7. The topological polar surface area (TPSA) is 60.4 Å². The van der Waals surface area contributed by atoms with Gasteiger partial charge in [0.1, 0.15) is 12.4 Å². The summed E-state index contributed by atoms with van der Waals surface area (Å²) >= 11 is 9.54. The van der Waals surface area contributed by atoms with Crippen molar-refractivity contribution in [1.29, 1.82) is 0 Å². The first-order chi connectivity index (χ1) is 17.4. The number of hydrogen-bond donors (Lipinski definition) is 0. The highest BCUT2D eigenvalue weighted by atomic mass is 127. The van der Waals surface area contributed by atoms with E-state index in [0.29, 0.717) is 39.7 Å². The van der Waals surface area contributed by atoms with Crippen LogP contribution in [0.3, 0.4) is 0 Å². The van der Waals surface area contributed by atoms with Crippen LogP contribution in [0.1, 0.15) is 18.1 Å². The number of benzene rings is 3. The lowest BCUT2D eigenvalue weighted by Gasteiger charge is -2.14. The number of likely N-dealkylation sites (N-methyl/N-ethyl adjacent to an activating group) is 1. The van der Waals surface area contributed by atoms with Crippen molar-refractivity contribution in [1.82, 2.24) is 4.90 Å². The molecule has 1 heterocycles. The fraction of sp³-hybridized carbons (Fsp3) is 0.185. The lowest BCUT2D eigenvalue weighted by molar-refractivity contribution is -0.122. The Labute approximate surface area is 233 Å². The van der Waals surface area contributed by atoms with Crippen molar-refractivity contribution in [2.45, 2.75) is 13.5 Å². The van der Waals surface area contributed by atoms with Gasteiger partial charge in [-0.25, -0.2) is 4.99 Å². The van der Waals surface area contributed by atoms with Gasteiger partial charge in [0.25, 0.3) is 5.91 Å². The summed E-state index contributed by atoms with van der Waals surface area (Å²) in [6, 6.07) is 18.8. The van der Waals surface area contributed by atoms with Crippen LogP contribution in [0.5, 0.6) is 17.2 Å². The molecule has 0 aromatic heterocycles. The first-order valence-corrected chi connectivity index (χ1v) is 13.4. The van der Waals surface area contributed by atoms with E-state index < -0.39 is 0 Å². The fourth-order valence-corrected chi connectivity index (χ4v) is 5.46. The monoisotopic (exact) mass is 634 g/mol. The van der Waals surface area contributed by atoms with E-state index in [1.54, 1.807) is 19.1 Å². The van der Waals surface area contributed by atoms with Gasteiger partial charge in [0, 0.05) is 11.6 Å². The summed E-state index contributed by atoms with van der Waals surface area (Å²) in [5, 5.41) is 1.32. The average Bonchev–Trinajstić information content (AvgIpc) is 3.17. The van der Waals surface area contributed by atoms with Crippen molar-refractivity contribution in [3.05, 3.63) is 85.3 Å². The predicted molar refractivity (Wildman–Crippen MR) is 155 cm³/mol. The maximum Gasteiger partial charge on any atom is 0.266 e. The highest BCUT2D eigenvalue weighted by molar-refractivity contribution is 14.1. The number of ether oxygens (including phenoxy) is 3. The van der Waals surface area contributed by atoms with Crippen LogP contribution in [0.2, 0.25) is 5.02 Å². The van der Waals surface area contributed by atoms with E-state index in [9.17, 15) is 4.79 Å². The molecule has 0 saturated carbocycles. The lowest BCUT2D eigenvalue weighted by Crippen LogP contribution is -2.28. The maximum absolute atomic E-state index is 13.1. The number of hydrogen-bond acceptors (Lipinski definition) is 6. The number of methoxy groups -OCH3 is 2. The molecular formula is C27H24ClIN2O4S. The lowest BCUT2D eigenvalue weighted by atomic mass is 10.1. The standard InChI is InChI=1S/C27H24ClIN2O4S/c1-4-31-26(32)24(36-27(31)30-20-9-11-21(33-2)12-10-20)15-18-13-22(29)25(23(14-18)34-3)35-16-17-5-7-19(28)8-6-17/h5-15H,4,16H2,1-3H3/b24-15-,30-27?. The molecule has 1 amide bonds. The minimum absolute atomic E-state index is 0.0770. The molecule has 1 aliphatic rings. The highest BCUT2D eigenvalue weighted by Gasteiger charge is 2.32. The van der Waals surface area contributed by atoms with Gasteiger partial charge in [0.15, 0.2) is 16.7 Å². The molecule has 0 N–H and O–H groups in total. The van der Waals surface area contributed by atoms with Gasteiger partial charge in [-0.3, -0.25) is 9.69 Å². The summed E-state index contributed by atoms with van der Waals surface area (Å²) in [6.07, 6.45) is 1.86. The van der Waals surface area contributed by atoms with Crippen LogP contribution in [0.25, 0.3) is 6.08 Å². The van der Waals surface area contributed by atoms with Gasteiger partial charge in [-0.05, 0) is 107 Å². The molecule has 1 saturated heterocycles. The van der Waals surface area contributed by atoms with E-state index in [0.717, 1.165) is 26.1 Å². The molecule has 6 nitrogen and oxygen atoms in total. The number of carbonyl (C=O) groups is 1. The maximum atomic E-state index is 13.1. The molecule has 9 heteroatoms. The van der Waals surface area contributed by atoms with E-state index in [4.69, 9.17) is 25.8 Å². The van der Waals surface area contributed by atoms with E-state index in [1.807, 2.05) is 73.7 Å². The zero-order valence-electron chi connectivity index (χ0n) is 20.0. The van der Waals surface area contributed by atoms with Crippen LogP contribution in [-0.4, -0.2) is 36.7 Å². The van der Waals surface area contributed by atoms with Crippen LogP contribution in [0.4, 0.5) is 5.69 Å². The Morgan fingerprint density at radius 1 is 1.06 bits per heavy atom. The van der Waals surface area contributed by atoms with Crippen molar-refractivity contribution in [3.8, 4) is 17.2 Å². The van der Waals surface area contributed by atoms with Crippen molar-refractivity contribution in [3.63, 3.8) is 0 Å². The Balaban J connectivity index is 1.57. The Morgan fingerprint density at radius 2 is 1.78 bits per heavy atom. The Kier molecular flexibility index (Phi) is 8.81. The largest absolute Gasteiger partial charge is 0.497 e. The van der Waals surface area contributed by atoms with Crippen LogP contribution in [-0.2, 0) is 11.4 Å². The van der Waals surface area contributed by atoms with E-state index in [2.05, 4.69) is 27.6 Å². The first-order valence-electron chi connectivity index (χ1n) is 11.1. The minimum atomic E-state index is -0.0770. The molecule has 36 heavy (non-hydrogen) atoms. The number of nitrogens with zero attached hydrogens (tertiary/aromatic N) is 2. The van der Waals surface area contributed by atoms with Gasteiger partial charge < -0.3 is 14.2 Å². The third-order valence-electron chi connectivity index (χ3n) is 5.35. The summed E-state index contributed by atoms with van der Waals surface area (Å²) in [6.45, 7) is 2.84. The Morgan fingerprint density at radius 3 is 2.42 bits per heavy atom. The number of aliphatic imine (C=N–C) groups is 1. The molecule has 0 bridgehead atoms. The SMILES string of the molecule is CCN1C(=O)/C(=C/c2cc(I)c(OCc3ccc(Cl)cc3)c(OC)c2)SC1=Nc1ccc(OC)cc1. The summed E-state index contributed by atoms with van der Waals surface area (Å²) < 4.78 is 17.8. The van der Waals surface area contributed by atoms with Gasteiger partial charge >= 0.3 is 0 Å². The van der Waals surface area contributed by atoms with Crippen LogP contribution >= 0.6 is 46.0 Å². The molecule has 3 aromatic carbocycles. The molecule has 1 aliphatic heterocycles. The number of rotatable bonds is 8. The highest BCUT2D eigenvalue weighted by Crippen LogP contribution is 2.38. The summed E-state index contributed by atoms with van der Waals surface area (Å²) in [7, 11) is 3.22. The summed E-state index contributed by atoms with van der Waals surface area (Å²) in [5.74, 6) is 1.92. The van der Waals surface area contributed by atoms with Crippen molar-refractivity contribution < 1.29 is 19.0 Å². The second kappa shape index (κ2) is 12.0.